The second kappa shape index (κ2) is 6.49. The van der Waals surface area contributed by atoms with Gasteiger partial charge in [-0.2, -0.15) is 0 Å². The minimum atomic E-state index is -0.643. The number of hydrogen-bond donors (Lipinski definition) is 3. The lowest BCUT2D eigenvalue weighted by Crippen LogP contribution is -2.41. The molecule has 0 aromatic heterocycles. The fourth-order valence-electron chi connectivity index (χ4n) is 2.28. The summed E-state index contributed by atoms with van der Waals surface area (Å²) in [6, 6.07) is 4.32. The van der Waals surface area contributed by atoms with Crippen molar-refractivity contribution < 1.29 is 24.3 Å². The van der Waals surface area contributed by atoms with Gasteiger partial charge >= 0.3 is 7.12 Å². The second-order valence-electron chi connectivity index (χ2n) is 6.96. The van der Waals surface area contributed by atoms with Gasteiger partial charge in [-0.3, -0.25) is 4.79 Å². The quantitative estimate of drug-likeness (QED) is 0.736. The Bertz CT molecular complexity index is 653. The third-order valence-corrected chi connectivity index (χ3v) is 4.45. The Morgan fingerprint density at radius 3 is 2.29 bits per heavy atom. The maximum Gasteiger partial charge on any atom is 0.492 e. The number of nitrogens with one attached hydrogen (secondary N) is 1. The minimum Gasteiger partial charge on any atom is -0.508 e. The predicted molar refractivity (Wildman–Crippen MR) is 92.5 cm³/mol. The molecule has 1 aromatic rings. The van der Waals surface area contributed by atoms with E-state index in [1.165, 1.54) is 19.1 Å². The smallest absolute Gasteiger partial charge is 0.492 e. The van der Waals surface area contributed by atoms with Crippen molar-refractivity contribution in [3.8, 4) is 11.5 Å². The van der Waals surface area contributed by atoms with Crippen molar-refractivity contribution in [2.75, 3.05) is 6.54 Å². The van der Waals surface area contributed by atoms with E-state index < -0.39 is 18.3 Å². The minimum absolute atomic E-state index is 0.0244. The molecule has 0 unspecified atom stereocenters. The molecule has 0 spiro atoms. The van der Waals surface area contributed by atoms with Crippen LogP contribution in [0, 0.1) is 0 Å². The van der Waals surface area contributed by atoms with Crippen molar-refractivity contribution in [3.05, 3.63) is 29.2 Å². The molecule has 7 heteroatoms. The van der Waals surface area contributed by atoms with Crippen molar-refractivity contribution in [2.24, 2.45) is 0 Å². The third-order valence-electron chi connectivity index (χ3n) is 4.45. The largest absolute Gasteiger partial charge is 0.508 e. The van der Waals surface area contributed by atoms with Crippen molar-refractivity contribution in [1.82, 2.24) is 5.32 Å². The van der Waals surface area contributed by atoms with E-state index in [4.69, 9.17) is 9.31 Å². The zero-order valence-electron chi connectivity index (χ0n) is 14.7. The van der Waals surface area contributed by atoms with Crippen LogP contribution in [0.2, 0.25) is 0 Å². The van der Waals surface area contributed by atoms with E-state index in [-0.39, 0.29) is 24.0 Å². The zero-order valence-corrected chi connectivity index (χ0v) is 14.7. The summed E-state index contributed by atoms with van der Waals surface area (Å²) in [5.41, 5.74) is 0.154. The summed E-state index contributed by atoms with van der Waals surface area (Å²) in [6.07, 6.45) is 1.70. The molecule has 0 aliphatic carbocycles. The Hall–Kier alpha value is -1.99. The molecule has 1 fully saturated rings. The van der Waals surface area contributed by atoms with Crippen molar-refractivity contribution in [1.29, 1.82) is 0 Å². The molecule has 1 saturated heterocycles. The Labute approximate surface area is 142 Å². The normalized spacial score (nSPS) is 19.4. The standard InChI is InChI=1S/C17H24BNO5/c1-11(20)19-10-13(8-12-6-7-14(21)9-15(12)22)18-23-16(2,3)17(4,5)24-18/h6-9,21-22H,10H2,1-5H3,(H,19,20). The van der Waals surface area contributed by atoms with Gasteiger partial charge in [0.1, 0.15) is 11.5 Å². The molecule has 130 valence electrons. The van der Waals surface area contributed by atoms with Gasteiger partial charge in [0.05, 0.1) is 11.2 Å². The van der Waals surface area contributed by atoms with Gasteiger partial charge < -0.3 is 24.8 Å². The van der Waals surface area contributed by atoms with Crippen LogP contribution in [0.15, 0.2) is 23.7 Å². The molecule has 1 aromatic carbocycles. The average Bonchev–Trinajstić information content (AvgIpc) is 2.65. The topological polar surface area (TPSA) is 88.0 Å². The Morgan fingerprint density at radius 2 is 1.79 bits per heavy atom. The molecular weight excluding hydrogens is 309 g/mol. The number of benzene rings is 1. The van der Waals surface area contributed by atoms with Crippen LogP contribution in [0.25, 0.3) is 6.08 Å². The molecule has 3 N–H and O–H groups in total. The SMILES string of the molecule is CC(=O)NCC(=Cc1ccc(O)cc1O)B1OC(C)(C)C(C)(C)O1. The molecular formula is C17H24BNO5. The number of amides is 1. The summed E-state index contributed by atoms with van der Waals surface area (Å²) in [5.74, 6) is -0.261. The molecule has 1 aliphatic heterocycles. The monoisotopic (exact) mass is 333 g/mol. The van der Waals surface area contributed by atoms with Gasteiger partial charge in [-0.25, -0.2) is 0 Å². The molecule has 0 bridgehead atoms. The summed E-state index contributed by atoms with van der Waals surface area (Å²) in [5, 5.41) is 22.1. The lowest BCUT2D eigenvalue weighted by atomic mass is 9.77. The fraction of sp³-hybridized carbons (Fsp3) is 0.471. The molecule has 1 heterocycles. The molecule has 6 nitrogen and oxygen atoms in total. The van der Waals surface area contributed by atoms with Gasteiger partial charge in [-0.05, 0) is 45.3 Å². The van der Waals surface area contributed by atoms with Crippen LogP contribution < -0.4 is 5.32 Å². The van der Waals surface area contributed by atoms with E-state index in [9.17, 15) is 15.0 Å². The Kier molecular flexibility index (Phi) is 4.96. The molecule has 0 radical (unpaired) electrons. The van der Waals surface area contributed by atoms with E-state index in [2.05, 4.69) is 5.32 Å². The number of phenolic OH excluding ortho intramolecular Hbond substituents is 2. The Morgan fingerprint density at radius 1 is 1.21 bits per heavy atom. The third kappa shape index (κ3) is 3.91. The van der Waals surface area contributed by atoms with E-state index in [1.54, 1.807) is 12.1 Å². The highest BCUT2D eigenvalue weighted by Crippen LogP contribution is 2.39. The molecule has 24 heavy (non-hydrogen) atoms. The first kappa shape index (κ1) is 18.4. The van der Waals surface area contributed by atoms with E-state index in [0.717, 1.165) is 0 Å². The van der Waals surface area contributed by atoms with Crippen molar-refractivity contribution in [3.63, 3.8) is 0 Å². The van der Waals surface area contributed by atoms with Crippen molar-refractivity contribution in [2.45, 2.75) is 45.8 Å². The summed E-state index contributed by atoms with van der Waals surface area (Å²) >= 11 is 0. The van der Waals surface area contributed by atoms with Gasteiger partial charge in [-0.15, -0.1) is 0 Å². The van der Waals surface area contributed by atoms with E-state index >= 15 is 0 Å². The van der Waals surface area contributed by atoms with Gasteiger partial charge in [0.25, 0.3) is 0 Å². The molecule has 0 atom stereocenters. The Balaban J connectivity index is 2.35. The van der Waals surface area contributed by atoms with Crippen LogP contribution >= 0.6 is 0 Å². The maximum atomic E-state index is 11.3. The summed E-state index contributed by atoms with van der Waals surface area (Å²) in [7, 11) is -0.643. The molecule has 0 saturated carbocycles. The van der Waals surface area contributed by atoms with Crippen LogP contribution in [0.4, 0.5) is 0 Å². The first-order valence-electron chi connectivity index (χ1n) is 7.84. The van der Waals surface area contributed by atoms with E-state index in [0.29, 0.717) is 11.0 Å². The summed E-state index contributed by atoms with van der Waals surface area (Å²) in [4.78, 5) is 11.3. The number of carbonyl (C=O) groups is 1. The van der Waals surface area contributed by atoms with E-state index in [1.807, 2.05) is 27.7 Å². The highest BCUT2D eigenvalue weighted by atomic mass is 16.7. The fourth-order valence-corrected chi connectivity index (χ4v) is 2.28. The molecule has 1 aliphatic rings. The number of phenols is 2. The van der Waals surface area contributed by atoms with Gasteiger partial charge in [-0.1, -0.05) is 6.08 Å². The molecule has 2 rings (SSSR count). The van der Waals surface area contributed by atoms with Gasteiger partial charge in [0.15, 0.2) is 0 Å². The van der Waals surface area contributed by atoms with Crippen LogP contribution in [0.3, 0.4) is 0 Å². The highest BCUT2D eigenvalue weighted by Gasteiger charge is 2.52. The highest BCUT2D eigenvalue weighted by molar-refractivity contribution is 6.56. The number of aromatic hydroxyl groups is 2. The van der Waals surface area contributed by atoms with Crippen LogP contribution in [-0.4, -0.2) is 41.0 Å². The lowest BCUT2D eigenvalue weighted by Gasteiger charge is -2.32. The molecule has 1 amide bonds. The second-order valence-corrected chi connectivity index (χ2v) is 6.96. The number of hydrogen-bond acceptors (Lipinski definition) is 5. The first-order chi connectivity index (χ1) is 11.0. The lowest BCUT2D eigenvalue weighted by molar-refractivity contribution is -0.118. The van der Waals surface area contributed by atoms with Crippen molar-refractivity contribution >= 4 is 19.1 Å². The van der Waals surface area contributed by atoms with Crippen LogP contribution in [0.5, 0.6) is 11.5 Å². The zero-order chi connectivity index (χ0) is 18.1. The van der Waals surface area contributed by atoms with Gasteiger partial charge in [0.2, 0.25) is 5.91 Å². The maximum absolute atomic E-state index is 11.3. The first-order valence-corrected chi connectivity index (χ1v) is 7.84. The summed E-state index contributed by atoms with van der Waals surface area (Å²) in [6.45, 7) is 9.44. The van der Waals surface area contributed by atoms with Gasteiger partial charge in [0, 0.05) is 25.1 Å². The number of rotatable bonds is 4. The average molecular weight is 333 g/mol. The predicted octanol–water partition coefficient (Wildman–Crippen LogP) is 2.25. The van der Waals surface area contributed by atoms with Crippen LogP contribution in [-0.2, 0) is 14.1 Å². The number of carbonyl (C=O) groups excluding carboxylic acids is 1. The van der Waals surface area contributed by atoms with Crippen LogP contribution in [0.1, 0.15) is 40.2 Å². The summed E-state index contributed by atoms with van der Waals surface area (Å²) < 4.78 is 12.0.